The second kappa shape index (κ2) is 6.38. The monoisotopic (exact) mass is 284 g/mol. The highest BCUT2D eigenvalue weighted by Gasteiger charge is 2.19. The van der Waals surface area contributed by atoms with Crippen LogP contribution in [0.2, 0.25) is 0 Å². The van der Waals surface area contributed by atoms with Crippen LogP contribution in [0.4, 0.5) is 11.4 Å². The van der Waals surface area contributed by atoms with Gasteiger partial charge in [-0.1, -0.05) is 0 Å². The Morgan fingerprint density at radius 3 is 2.58 bits per heavy atom. The molecule has 0 atom stereocenters. The molecule has 1 aliphatic rings. The quantitative estimate of drug-likeness (QED) is 0.180. The van der Waals surface area contributed by atoms with Crippen LogP contribution in [0.5, 0.6) is 0 Å². The summed E-state index contributed by atoms with van der Waals surface area (Å²) >= 11 is 0. The van der Waals surface area contributed by atoms with E-state index in [1.165, 1.54) is 25.0 Å². The van der Waals surface area contributed by atoms with E-state index in [0.29, 0.717) is 17.4 Å². The average Bonchev–Trinajstić information content (AvgIpc) is 2.81. The number of nitrogen functional groups attached to an aromatic ring is 2. The van der Waals surface area contributed by atoms with E-state index in [2.05, 4.69) is 4.99 Å². The van der Waals surface area contributed by atoms with Crippen LogP contribution in [0.25, 0.3) is 0 Å². The Kier molecular flexibility index (Phi) is 5.11. The molecule has 104 valence electrons. The summed E-state index contributed by atoms with van der Waals surface area (Å²) in [4.78, 5) is 13.5. The fourth-order valence-corrected chi connectivity index (χ4v) is 2.24. The molecule has 0 bridgehead atoms. The van der Waals surface area contributed by atoms with E-state index >= 15 is 0 Å². The number of nitro benzene ring substituents is 1. The van der Waals surface area contributed by atoms with Crippen LogP contribution in [0, 0.1) is 10.1 Å². The van der Waals surface area contributed by atoms with Gasteiger partial charge in [-0.3, -0.25) is 20.8 Å². The molecular weight excluding hydrogens is 268 g/mol. The van der Waals surface area contributed by atoms with Crippen LogP contribution >= 0.6 is 0 Å². The van der Waals surface area contributed by atoms with Crippen molar-refractivity contribution in [3.05, 3.63) is 33.9 Å². The molecule has 1 aliphatic carbocycles. The fraction of sp³-hybridized carbons (Fsp3) is 0.417. The molecule has 0 saturated heterocycles. The Morgan fingerprint density at radius 1 is 1.37 bits per heavy atom. The fourth-order valence-electron chi connectivity index (χ4n) is 2.24. The van der Waals surface area contributed by atoms with E-state index in [0.717, 1.165) is 12.8 Å². The first-order chi connectivity index (χ1) is 8.58. The molecule has 5 N–H and O–H groups in total. The van der Waals surface area contributed by atoms with Crippen LogP contribution in [0.15, 0.2) is 18.2 Å². The van der Waals surface area contributed by atoms with Gasteiger partial charge < -0.3 is 18.1 Å². The Morgan fingerprint density at radius 2 is 2.00 bits per heavy atom. The van der Waals surface area contributed by atoms with Crippen molar-refractivity contribution >= 4 is 17.2 Å². The van der Waals surface area contributed by atoms with Crippen molar-refractivity contribution in [2.24, 2.45) is 5.73 Å². The lowest BCUT2D eigenvalue weighted by Gasteiger charge is -2.03. The van der Waals surface area contributed by atoms with Crippen LogP contribution in [-0.2, 0) is 0 Å². The van der Waals surface area contributed by atoms with Gasteiger partial charge in [0.05, 0.1) is 16.5 Å². The molecule has 1 saturated carbocycles. The van der Waals surface area contributed by atoms with Gasteiger partial charge in [0, 0.05) is 6.07 Å². The van der Waals surface area contributed by atoms with Crippen molar-refractivity contribution in [1.29, 1.82) is 0 Å². The van der Waals surface area contributed by atoms with E-state index in [1.807, 2.05) is 0 Å². The number of anilines is 1. The van der Waals surface area contributed by atoms with Crippen molar-refractivity contribution < 1.29 is 22.3 Å². The van der Waals surface area contributed by atoms with E-state index in [4.69, 9.17) is 11.5 Å². The zero-order chi connectivity index (χ0) is 13.1. The van der Waals surface area contributed by atoms with Crippen LogP contribution in [-0.4, -0.2) is 16.8 Å². The molecule has 1 aromatic rings. The SMILES string of the molecule is NC(=[NH+]C1CCCC1)c1ccc(N)c([N+](=O)[O-])c1.[Cl-]. The maximum atomic E-state index is 10.8. The molecule has 0 spiro atoms. The molecule has 0 radical (unpaired) electrons. The molecule has 0 unspecified atom stereocenters. The average molecular weight is 285 g/mol. The van der Waals surface area contributed by atoms with Crippen LogP contribution in [0.1, 0.15) is 31.2 Å². The Labute approximate surface area is 117 Å². The summed E-state index contributed by atoms with van der Waals surface area (Å²) in [7, 11) is 0. The lowest BCUT2D eigenvalue weighted by molar-refractivity contribution is -0.501. The highest BCUT2D eigenvalue weighted by atomic mass is 35.5. The summed E-state index contributed by atoms with van der Waals surface area (Å²) in [5, 5.41) is 10.8. The zero-order valence-corrected chi connectivity index (χ0v) is 11.2. The maximum absolute atomic E-state index is 10.8. The number of hydrogen-bond acceptors (Lipinski definition) is 3. The summed E-state index contributed by atoms with van der Waals surface area (Å²) in [6.07, 6.45) is 4.59. The van der Waals surface area contributed by atoms with E-state index in [1.54, 1.807) is 6.07 Å². The third-order valence-electron chi connectivity index (χ3n) is 3.25. The minimum atomic E-state index is -0.498. The highest BCUT2D eigenvalue weighted by Crippen LogP contribution is 2.21. The first-order valence-electron chi connectivity index (χ1n) is 6.01. The Hall–Kier alpha value is -1.82. The second-order valence-electron chi connectivity index (χ2n) is 4.57. The zero-order valence-electron chi connectivity index (χ0n) is 10.4. The summed E-state index contributed by atoms with van der Waals surface area (Å²) in [6.45, 7) is 0. The van der Waals surface area contributed by atoms with Gasteiger partial charge in [-0.05, 0) is 37.8 Å². The molecule has 19 heavy (non-hydrogen) atoms. The van der Waals surface area contributed by atoms with Gasteiger partial charge in [-0.25, -0.2) is 0 Å². The first kappa shape index (κ1) is 15.2. The number of hydrogen-bond donors (Lipinski definition) is 3. The lowest BCUT2D eigenvalue weighted by atomic mass is 10.1. The predicted octanol–water partition coefficient (Wildman–Crippen LogP) is -3.09. The topological polar surface area (TPSA) is 109 Å². The number of benzene rings is 1. The summed E-state index contributed by atoms with van der Waals surface area (Å²) in [5.74, 6) is 0.477. The van der Waals surface area contributed by atoms with Crippen molar-refractivity contribution in [2.75, 3.05) is 5.73 Å². The standard InChI is InChI=1S/C12H16N4O2.ClH/c13-10-6-5-8(7-11(10)16(17)18)12(14)15-9-3-1-2-4-9;/h5-7,9H,1-4,13H2,(H2,14,15);1H. The summed E-state index contributed by atoms with van der Waals surface area (Å²) in [6, 6.07) is 4.99. The number of nitrogens with two attached hydrogens (primary N) is 2. The Balaban J connectivity index is 0.00000180. The van der Waals surface area contributed by atoms with E-state index < -0.39 is 4.92 Å². The molecule has 0 aliphatic heterocycles. The van der Waals surface area contributed by atoms with E-state index in [9.17, 15) is 10.1 Å². The van der Waals surface area contributed by atoms with Gasteiger partial charge in [0.15, 0.2) is 0 Å². The van der Waals surface area contributed by atoms with Gasteiger partial charge >= 0.3 is 0 Å². The number of nitrogens with zero attached hydrogens (tertiary/aromatic N) is 1. The van der Waals surface area contributed by atoms with Gasteiger partial charge in [0.25, 0.3) is 11.5 Å². The molecule has 0 amide bonds. The summed E-state index contributed by atoms with van der Waals surface area (Å²) in [5.41, 5.74) is 12.1. The molecule has 7 heteroatoms. The normalized spacial score (nSPS) is 16.1. The molecule has 1 fully saturated rings. The number of nitro groups is 1. The number of halogens is 1. The molecule has 0 aromatic heterocycles. The number of rotatable bonds is 3. The third kappa shape index (κ3) is 3.57. The minimum Gasteiger partial charge on any atom is -1.00 e. The maximum Gasteiger partial charge on any atom is 0.293 e. The number of amidine groups is 1. The lowest BCUT2D eigenvalue weighted by Crippen LogP contribution is -3.00. The minimum absolute atomic E-state index is 0. The predicted molar refractivity (Wildman–Crippen MR) is 69.0 cm³/mol. The van der Waals surface area contributed by atoms with Crippen molar-refractivity contribution in [3.63, 3.8) is 0 Å². The third-order valence-corrected chi connectivity index (χ3v) is 3.25. The molecule has 0 heterocycles. The molecule has 6 nitrogen and oxygen atoms in total. The Bertz CT molecular complexity index is 499. The van der Waals surface area contributed by atoms with Gasteiger partial charge in [0.2, 0.25) is 0 Å². The number of nitrogens with one attached hydrogen (secondary N) is 1. The second-order valence-corrected chi connectivity index (χ2v) is 4.57. The smallest absolute Gasteiger partial charge is 0.293 e. The highest BCUT2D eigenvalue weighted by molar-refractivity contribution is 5.94. The largest absolute Gasteiger partial charge is 1.00 e. The molecular formula is C12H17ClN4O2. The van der Waals surface area contributed by atoms with Gasteiger partial charge in [-0.15, -0.1) is 0 Å². The van der Waals surface area contributed by atoms with Gasteiger partial charge in [-0.2, -0.15) is 0 Å². The van der Waals surface area contributed by atoms with Crippen LogP contribution < -0.4 is 28.9 Å². The van der Waals surface area contributed by atoms with E-state index in [-0.39, 0.29) is 23.8 Å². The summed E-state index contributed by atoms with van der Waals surface area (Å²) < 4.78 is 0. The van der Waals surface area contributed by atoms with Crippen molar-refractivity contribution in [1.82, 2.24) is 0 Å². The van der Waals surface area contributed by atoms with Gasteiger partial charge in [0.1, 0.15) is 5.69 Å². The van der Waals surface area contributed by atoms with Crippen molar-refractivity contribution in [2.45, 2.75) is 31.7 Å². The molecule has 2 rings (SSSR count). The van der Waals surface area contributed by atoms with Crippen molar-refractivity contribution in [3.8, 4) is 0 Å². The first-order valence-corrected chi connectivity index (χ1v) is 6.01. The van der Waals surface area contributed by atoms with Crippen LogP contribution in [0.3, 0.4) is 0 Å². The molecule has 1 aromatic carbocycles.